The second kappa shape index (κ2) is 5.08. The Morgan fingerprint density at radius 1 is 1.53 bits per heavy atom. The summed E-state index contributed by atoms with van der Waals surface area (Å²) in [6.07, 6.45) is 1.70. The molecular formula is C12H14F2N2O3. The SMILES string of the molecule is CC1(CNc2cc(F)cc(F)c2[N+](=O)[O-])CCCO1. The van der Waals surface area contributed by atoms with E-state index in [1.807, 2.05) is 6.92 Å². The van der Waals surface area contributed by atoms with E-state index in [0.717, 1.165) is 18.9 Å². The van der Waals surface area contributed by atoms with Crippen LogP contribution in [-0.4, -0.2) is 23.7 Å². The summed E-state index contributed by atoms with van der Waals surface area (Å²) in [6, 6.07) is 1.41. The van der Waals surface area contributed by atoms with Crippen molar-refractivity contribution >= 4 is 11.4 Å². The molecule has 1 atom stereocenters. The maximum atomic E-state index is 13.4. The van der Waals surface area contributed by atoms with Crippen LogP contribution in [-0.2, 0) is 4.74 Å². The van der Waals surface area contributed by atoms with Crippen molar-refractivity contribution < 1.29 is 18.4 Å². The average Bonchev–Trinajstić information content (AvgIpc) is 2.72. The van der Waals surface area contributed by atoms with Gasteiger partial charge in [0, 0.05) is 25.3 Å². The van der Waals surface area contributed by atoms with E-state index in [-0.39, 0.29) is 12.2 Å². The molecule has 0 amide bonds. The quantitative estimate of drug-likeness (QED) is 0.676. The lowest BCUT2D eigenvalue weighted by molar-refractivity contribution is -0.386. The van der Waals surface area contributed by atoms with E-state index >= 15 is 0 Å². The largest absolute Gasteiger partial charge is 0.376 e. The van der Waals surface area contributed by atoms with Crippen LogP contribution < -0.4 is 5.32 Å². The zero-order chi connectivity index (χ0) is 14.0. The summed E-state index contributed by atoms with van der Waals surface area (Å²) in [7, 11) is 0. The van der Waals surface area contributed by atoms with Gasteiger partial charge in [0.2, 0.25) is 5.82 Å². The lowest BCUT2D eigenvalue weighted by Gasteiger charge is -2.23. The first kappa shape index (κ1) is 13.7. The van der Waals surface area contributed by atoms with Gasteiger partial charge in [0.05, 0.1) is 10.5 Å². The standard InChI is InChI=1S/C12H14F2N2O3/c1-12(3-2-4-19-12)7-15-10-6-8(13)5-9(14)11(10)16(17)18/h5-6,15H,2-4,7H2,1H3. The zero-order valence-electron chi connectivity index (χ0n) is 10.4. The van der Waals surface area contributed by atoms with Crippen LogP contribution in [0.5, 0.6) is 0 Å². The first-order chi connectivity index (χ1) is 8.91. The highest BCUT2D eigenvalue weighted by molar-refractivity contribution is 5.62. The van der Waals surface area contributed by atoms with E-state index in [1.165, 1.54) is 0 Å². The lowest BCUT2D eigenvalue weighted by atomic mass is 10.0. The Morgan fingerprint density at radius 3 is 2.84 bits per heavy atom. The van der Waals surface area contributed by atoms with Gasteiger partial charge in [-0.1, -0.05) is 0 Å². The molecule has 1 aliphatic rings. The summed E-state index contributed by atoms with van der Waals surface area (Å²) >= 11 is 0. The van der Waals surface area contributed by atoms with E-state index in [2.05, 4.69) is 5.32 Å². The molecule has 0 bridgehead atoms. The van der Waals surface area contributed by atoms with E-state index in [9.17, 15) is 18.9 Å². The molecule has 0 spiro atoms. The summed E-state index contributed by atoms with van der Waals surface area (Å²) in [5.41, 5.74) is -1.38. The van der Waals surface area contributed by atoms with Crippen LogP contribution in [0.15, 0.2) is 12.1 Å². The molecular weight excluding hydrogens is 258 g/mol. The summed E-state index contributed by atoms with van der Waals surface area (Å²) in [5.74, 6) is -2.05. The third kappa shape index (κ3) is 2.98. The van der Waals surface area contributed by atoms with Crippen molar-refractivity contribution in [3.05, 3.63) is 33.9 Å². The predicted octanol–water partition coefficient (Wildman–Crippen LogP) is 2.85. The lowest BCUT2D eigenvalue weighted by Crippen LogP contribution is -2.32. The second-order valence-electron chi connectivity index (χ2n) is 4.80. The minimum atomic E-state index is -1.19. The molecule has 1 aromatic carbocycles. The molecule has 1 heterocycles. The van der Waals surface area contributed by atoms with Crippen LogP contribution in [0.25, 0.3) is 0 Å². The van der Waals surface area contributed by atoms with Gasteiger partial charge in [-0.3, -0.25) is 10.1 Å². The van der Waals surface area contributed by atoms with Crippen LogP contribution in [0.1, 0.15) is 19.8 Å². The van der Waals surface area contributed by atoms with Crippen molar-refractivity contribution in [1.82, 2.24) is 0 Å². The smallest absolute Gasteiger partial charge is 0.327 e. The Bertz CT molecular complexity index is 502. The first-order valence-electron chi connectivity index (χ1n) is 5.92. The predicted molar refractivity (Wildman–Crippen MR) is 65.1 cm³/mol. The number of anilines is 1. The van der Waals surface area contributed by atoms with Crippen LogP contribution in [0, 0.1) is 21.7 Å². The maximum absolute atomic E-state index is 13.4. The molecule has 1 N–H and O–H groups in total. The molecule has 19 heavy (non-hydrogen) atoms. The molecule has 1 unspecified atom stereocenters. The van der Waals surface area contributed by atoms with Crippen LogP contribution in [0.4, 0.5) is 20.2 Å². The third-order valence-corrected chi connectivity index (χ3v) is 3.16. The van der Waals surface area contributed by atoms with Gasteiger partial charge in [0.15, 0.2) is 0 Å². The highest BCUT2D eigenvalue weighted by atomic mass is 19.1. The van der Waals surface area contributed by atoms with Gasteiger partial charge >= 0.3 is 5.69 Å². The number of hydrogen-bond donors (Lipinski definition) is 1. The molecule has 1 fully saturated rings. The molecule has 0 aliphatic carbocycles. The number of halogens is 2. The molecule has 5 nitrogen and oxygen atoms in total. The van der Waals surface area contributed by atoms with E-state index < -0.39 is 27.8 Å². The number of hydrogen-bond acceptors (Lipinski definition) is 4. The first-order valence-corrected chi connectivity index (χ1v) is 5.92. The number of nitrogens with one attached hydrogen (secondary N) is 1. The fraction of sp³-hybridized carbons (Fsp3) is 0.500. The number of rotatable bonds is 4. The number of nitro benzene ring substituents is 1. The van der Waals surface area contributed by atoms with Gasteiger partial charge in [-0.25, -0.2) is 4.39 Å². The molecule has 0 aromatic heterocycles. The van der Waals surface area contributed by atoms with Gasteiger partial charge in [0.25, 0.3) is 0 Å². The summed E-state index contributed by atoms with van der Waals surface area (Å²) in [4.78, 5) is 9.94. The number of ether oxygens (including phenoxy) is 1. The van der Waals surface area contributed by atoms with E-state index in [4.69, 9.17) is 4.74 Å². The van der Waals surface area contributed by atoms with Gasteiger partial charge in [-0.15, -0.1) is 0 Å². The Hall–Kier alpha value is -1.76. The second-order valence-corrected chi connectivity index (χ2v) is 4.80. The molecule has 0 radical (unpaired) electrons. The van der Waals surface area contributed by atoms with Crippen molar-refractivity contribution in [2.45, 2.75) is 25.4 Å². The fourth-order valence-corrected chi connectivity index (χ4v) is 2.14. The molecule has 0 saturated carbocycles. The van der Waals surface area contributed by atoms with E-state index in [1.54, 1.807) is 0 Å². The molecule has 7 heteroatoms. The third-order valence-electron chi connectivity index (χ3n) is 3.16. The highest BCUT2D eigenvalue weighted by Gasteiger charge is 2.31. The molecule has 1 saturated heterocycles. The van der Waals surface area contributed by atoms with Crippen molar-refractivity contribution in [2.75, 3.05) is 18.5 Å². The van der Waals surface area contributed by atoms with Gasteiger partial charge in [-0.2, -0.15) is 4.39 Å². The maximum Gasteiger partial charge on any atom is 0.327 e. The Balaban J connectivity index is 2.21. The van der Waals surface area contributed by atoms with Gasteiger partial charge < -0.3 is 10.1 Å². The van der Waals surface area contributed by atoms with Crippen LogP contribution in [0.3, 0.4) is 0 Å². The Kier molecular flexibility index (Phi) is 3.66. The monoisotopic (exact) mass is 272 g/mol. The molecule has 1 aliphatic heterocycles. The number of benzene rings is 1. The number of nitro groups is 1. The van der Waals surface area contributed by atoms with Gasteiger partial charge in [0.1, 0.15) is 11.5 Å². The Labute approximate surface area is 108 Å². The average molecular weight is 272 g/mol. The minimum absolute atomic E-state index is 0.167. The van der Waals surface area contributed by atoms with Crippen molar-refractivity contribution in [2.24, 2.45) is 0 Å². The summed E-state index contributed by atoms with van der Waals surface area (Å²) < 4.78 is 32.0. The number of nitrogens with zero attached hydrogens (tertiary/aromatic N) is 1. The van der Waals surface area contributed by atoms with Crippen molar-refractivity contribution in [3.63, 3.8) is 0 Å². The van der Waals surface area contributed by atoms with Crippen LogP contribution in [0.2, 0.25) is 0 Å². The highest BCUT2D eigenvalue weighted by Crippen LogP contribution is 2.31. The minimum Gasteiger partial charge on any atom is -0.376 e. The molecule has 104 valence electrons. The molecule has 2 rings (SSSR count). The summed E-state index contributed by atoms with van der Waals surface area (Å²) in [5, 5.41) is 13.5. The fourth-order valence-electron chi connectivity index (χ4n) is 2.14. The van der Waals surface area contributed by atoms with E-state index in [0.29, 0.717) is 12.7 Å². The topological polar surface area (TPSA) is 64.4 Å². The van der Waals surface area contributed by atoms with Crippen molar-refractivity contribution in [1.29, 1.82) is 0 Å². The van der Waals surface area contributed by atoms with Gasteiger partial charge in [-0.05, 0) is 19.8 Å². The van der Waals surface area contributed by atoms with Crippen molar-refractivity contribution in [3.8, 4) is 0 Å². The molecule has 1 aromatic rings. The Morgan fingerprint density at radius 2 is 2.26 bits per heavy atom. The zero-order valence-corrected chi connectivity index (χ0v) is 10.4. The summed E-state index contributed by atoms with van der Waals surface area (Å²) in [6.45, 7) is 2.74. The normalized spacial score (nSPS) is 22.5. The van der Waals surface area contributed by atoms with Crippen LogP contribution >= 0.6 is 0 Å².